The largest absolute Gasteiger partial charge is 0.361 e. The highest BCUT2D eigenvalue weighted by Crippen LogP contribution is 2.40. The topological polar surface area (TPSA) is 27.1 Å². The van der Waals surface area contributed by atoms with Crippen LogP contribution in [0.15, 0.2) is 0 Å². The SMILES string of the molecule is CCN(CC)C(=N)C1CCC(C(C)(C)C)CC1. The Morgan fingerprint density at radius 1 is 1.06 bits per heavy atom. The first-order valence-electron chi connectivity index (χ1n) is 7.23. The Kier molecular flexibility index (Phi) is 5.03. The molecule has 0 unspecified atom stereocenters. The quantitative estimate of drug-likeness (QED) is 0.580. The van der Waals surface area contributed by atoms with Gasteiger partial charge in [0.15, 0.2) is 0 Å². The predicted octanol–water partition coefficient (Wildman–Crippen LogP) is 4.16. The van der Waals surface area contributed by atoms with Gasteiger partial charge in [0.05, 0.1) is 5.84 Å². The lowest BCUT2D eigenvalue weighted by Gasteiger charge is -2.38. The van der Waals surface area contributed by atoms with E-state index in [1.807, 2.05) is 0 Å². The van der Waals surface area contributed by atoms with E-state index in [0.29, 0.717) is 11.3 Å². The van der Waals surface area contributed by atoms with Gasteiger partial charge >= 0.3 is 0 Å². The molecule has 2 heteroatoms. The first-order valence-corrected chi connectivity index (χ1v) is 7.23. The number of nitrogens with one attached hydrogen (secondary N) is 1. The van der Waals surface area contributed by atoms with Gasteiger partial charge in [-0.15, -0.1) is 0 Å². The molecule has 17 heavy (non-hydrogen) atoms. The minimum absolute atomic E-state index is 0.447. The number of amidine groups is 1. The van der Waals surface area contributed by atoms with Crippen molar-refractivity contribution in [1.29, 1.82) is 5.41 Å². The van der Waals surface area contributed by atoms with E-state index < -0.39 is 0 Å². The fourth-order valence-corrected chi connectivity index (χ4v) is 3.06. The second kappa shape index (κ2) is 5.88. The number of rotatable bonds is 3. The zero-order valence-electron chi connectivity index (χ0n) is 12.3. The first kappa shape index (κ1) is 14.5. The molecule has 100 valence electrons. The summed E-state index contributed by atoms with van der Waals surface area (Å²) in [6.45, 7) is 13.3. The Morgan fingerprint density at radius 3 is 1.88 bits per heavy atom. The minimum Gasteiger partial charge on any atom is -0.361 e. The van der Waals surface area contributed by atoms with Crippen LogP contribution in [0.1, 0.15) is 60.3 Å². The van der Waals surface area contributed by atoms with Gasteiger partial charge in [0.25, 0.3) is 0 Å². The molecule has 0 radical (unpaired) electrons. The van der Waals surface area contributed by atoms with Crippen LogP contribution in [-0.4, -0.2) is 23.8 Å². The molecule has 0 atom stereocenters. The Hall–Kier alpha value is -0.530. The molecule has 0 aromatic heterocycles. The number of nitrogens with zero attached hydrogens (tertiary/aromatic N) is 1. The van der Waals surface area contributed by atoms with E-state index in [1.165, 1.54) is 25.7 Å². The van der Waals surface area contributed by atoms with Gasteiger partial charge < -0.3 is 4.90 Å². The Balaban J connectivity index is 2.49. The maximum absolute atomic E-state index is 8.29. The zero-order valence-corrected chi connectivity index (χ0v) is 12.3. The monoisotopic (exact) mass is 238 g/mol. The van der Waals surface area contributed by atoms with E-state index in [4.69, 9.17) is 5.41 Å². The van der Waals surface area contributed by atoms with Crippen molar-refractivity contribution in [1.82, 2.24) is 4.90 Å². The standard InChI is InChI=1S/C15H30N2/c1-6-17(7-2)14(16)12-8-10-13(11-9-12)15(3,4)5/h12-13,16H,6-11H2,1-5H3. The van der Waals surface area contributed by atoms with Crippen LogP contribution >= 0.6 is 0 Å². The fourth-order valence-electron chi connectivity index (χ4n) is 3.06. The third kappa shape index (κ3) is 3.72. The van der Waals surface area contributed by atoms with Crippen LogP contribution in [-0.2, 0) is 0 Å². The summed E-state index contributed by atoms with van der Waals surface area (Å²) in [4.78, 5) is 2.21. The summed E-state index contributed by atoms with van der Waals surface area (Å²) >= 11 is 0. The van der Waals surface area contributed by atoms with E-state index in [1.54, 1.807) is 0 Å². The van der Waals surface area contributed by atoms with Crippen molar-refractivity contribution in [3.63, 3.8) is 0 Å². The zero-order chi connectivity index (χ0) is 13.1. The first-order chi connectivity index (χ1) is 7.90. The van der Waals surface area contributed by atoms with Crippen molar-refractivity contribution in [2.45, 2.75) is 60.3 Å². The molecule has 0 heterocycles. The van der Waals surface area contributed by atoms with Gasteiger partial charge in [0.2, 0.25) is 0 Å². The van der Waals surface area contributed by atoms with Crippen molar-refractivity contribution >= 4 is 5.84 Å². The molecule has 1 saturated carbocycles. The van der Waals surface area contributed by atoms with Gasteiger partial charge in [-0.3, -0.25) is 5.41 Å². The van der Waals surface area contributed by atoms with Crippen molar-refractivity contribution in [2.24, 2.45) is 17.3 Å². The molecular weight excluding hydrogens is 208 g/mol. The molecule has 0 aromatic carbocycles. The highest BCUT2D eigenvalue weighted by Gasteiger charge is 2.31. The van der Waals surface area contributed by atoms with Crippen LogP contribution in [0.2, 0.25) is 0 Å². The minimum atomic E-state index is 0.447. The lowest BCUT2D eigenvalue weighted by atomic mass is 9.69. The van der Waals surface area contributed by atoms with Crippen LogP contribution in [0, 0.1) is 22.7 Å². The summed E-state index contributed by atoms with van der Waals surface area (Å²) in [6.07, 6.45) is 5.05. The number of hydrogen-bond acceptors (Lipinski definition) is 1. The average molecular weight is 238 g/mol. The Bertz CT molecular complexity index is 240. The van der Waals surface area contributed by atoms with E-state index in [-0.39, 0.29) is 0 Å². The van der Waals surface area contributed by atoms with Gasteiger partial charge in [-0.05, 0) is 50.9 Å². The summed E-state index contributed by atoms with van der Waals surface area (Å²) in [5, 5.41) is 8.29. The molecular formula is C15H30N2. The second-order valence-corrected chi connectivity index (χ2v) is 6.47. The molecule has 1 aliphatic carbocycles. The van der Waals surface area contributed by atoms with E-state index in [2.05, 4.69) is 39.5 Å². The molecule has 1 fully saturated rings. The molecule has 0 aromatic rings. The highest BCUT2D eigenvalue weighted by atomic mass is 15.2. The van der Waals surface area contributed by atoms with Gasteiger partial charge in [-0.25, -0.2) is 0 Å². The number of hydrogen-bond donors (Lipinski definition) is 1. The Labute approximate surface area is 107 Å². The smallest absolute Gasteiger partial charge is 0.0989 e. The normalized spacial score (nSPS) is 25.7. The lowest BCUT2D eigenvalue weighted by molar-refractivity contribution is 0.163. The van der Waals surface area contributed by atoms with Crippen LogP contribution in [0.5, 0.6) is 0 Å². The van der Waals surface area contributed by atoms with Crippen molar-refractivity contribution in [2.75, 3.05) is 13.1 Å². The van der Waals surface area contributed by atoms with Crippen molar-refractivity contribution in [3.8, 4) is 0 Å². The maximum atomic E-state index is 8.29. The van der Waals surface area contributed by atoms with Crippen LogP contribution in [0.3, 0.4) is 0 Å². The predicted molar refractivity (Wildman–Crippen MR) is 75.6 cm³/mol. The summed E-state index contributed by atoms with van der Waals surface area (Å²) < 4.78 is 0. The van der Waals surface area contributed by atoms with Crippen LogP contribution < -0.4 is 0 Å². The van der Waals surface area contributed by atoms with Crippen molar-refractivity contribution < 1.29 is 0 Å². The summed E-state index contributed by atoms with van der Waals surface area (Å²) in [7, 11) is 0. The lowest BCUT2D eigenvalue weighted by Crippen LogP contribution is -2.38. The van der Waals surface area contributed by atoms with E-state index in [0.717, 1.165) is 24.8 Å². The molecule has 0 spiro atoms. The van der Waals surface area contributed by atoms with Crippen molar-refractivity contribution in [3.05, 3.63) is 0 Å². The summed E-state index contributed by atoms with van der Waals surface area (Å²) in [6, 6.07) is 0. The summed E-state index contributed by atoms with van der Waals surface area (Å²) in [5.41, 5.74) is 0.447. The molecule has 2 nitrogen and oxygen atoms in total. The molecule has 0 aliphatic heterocycles. The third-order valence-corrected chi connectivity index (χ3v) is 4.44. The van der Waals surface area contributed by atoms with E-state index >= 15 is 0 Å². The van der Waals surface area contributed by atoms with Crippen LogP contribution in [0.25, 0.3) is 0 Å². The average Bonchev–Trinajstić information content (AvgIpc) is 2.29. The summed E-state index contributed by atoms with van der Waals surface area (Å²) in [5.74, 6) is 2.26. The van der Waals surface area contributed by atoms with Gasteiger partial charge in [-0.2, -0.15) is 0 Å². The second-order valence-electron chi connectivity index (χ2n) is 6.47. The van der Waals surface area contributed by atoms with E-state index in [9.17, 15) is 0 Å². The molecule has 0 amide bonds. The molecule has 1 N–H and O–H groups in total. The molecule has 1 aliphatic rings. The van der Waals surface area contributed by atoms with Crippen LogP contribution in [0.4, 0.5) is 0 Å². The fraction of sp³-hybridized carbons (Fsp3) is 0.933. The molecule has 0 bridgehead atoms. The van der Waals surface area contributed by atoms with Gasteiger partial charge in [0.1, 0.15) is 0 Å². The van der Waals surface area contributed by atoms with Gasteiger partial charge in [-0.1, -0.05) is 20.8 Å². The molecule has 1 rings (SSSR count). The maximum Gasteiger partial charge on any atom is 0.0989 e. The third-order valence-electron chi connectivity index (χ3n) is 4.44. The Morgan fingerprint density at radius 2 is 1.53 bits per heavy atom. The van der Waals surface area contributed by atoms with Gasteiger partial charge in [0, 0.05) is 19.0 Å². The molecule has 0 saturated heterocycles. The highest BCUT2D eigenvalue weighted by molar-refractivity contribution is 5.81.